The molecule has 5 amide bonds. The molecule has 0 saturated carbocycles. The van der Waals surface area contributed by atoms with Gasteiger partial charge in [-0.25, -0.2) is 9.37 Å². The Hall–Kier alpha value is -12.3. The summed E-state index contributed by atoms with van der Waals surface area (Å²) in [4.78, 5) is 226. The molecule has 39 nitrogen and oxygen atoms in total. The monoisotopic (exact) mass is 2110 g/mol. The fourth-order valence-corrected chi connectivity index (χ4v) is 17.9. The van der Waals surface area contributed by atoms with Gasteiger partial charge in [0.05, 0.1) is 86.8 Å². The summed E-state index contributed by atoms with van der Waals surface area (Å²) < 4.78 is 25.5. The molecule has 1 aromatic heterocycles. The lowest BCUT2D eigenvalue weighted by atomic mass is 9.86. The van der Waals surface area contributed by atoms with Crippen molar-refractivity contribution in [1.29, 1.82) is 0 Å². The summed E-state index contributed by atoms with van der Waals surface area (Å²) in [5.41, 5.74) is 32.8. The maximum Gasteiger partial charge on any atom is 0.336 e. The second kappa shape index (κ2) is 66.4. The van der Waals surface area contributed by atoms with E-state index in [2.05, 4.69) is 59.5 Å². The number of aliphatic imine (C=N–C) groups is 2. The first-order valence-electron chi connectivity index (χ1n) is 52.1. The Bertz CT molecular complexity index is 5600. The highest BCUT2D eigenvalue weighted by Gasteiger charge is 2.39. The average Bonchev–Trinajstić information content (AvgIpc) is 0.746. The zero-order valence-corrected chi connectivity index (χ0v) is 91.2. The number of carboxylic acid groups (broad SMARTS) is 2. The van der Waals surface area contributed by atoms with Gasteiger partial charge in [0, 0.05) is 197 Å². The number of carbonyl (C=O) groups excluding carboxylic acids is 14. The number of nitrogens with zero attached hydrogens (tertiary/aromatic N) is 4. The number of aromatic carboxylic acids is 1. The summed E-state index contributed by atoms with van der Waals surface area (Å²) in [7, 11) is 9.56. The van der Waals surface area contributed by atoms with Crippen LogP contribution < -0.4 is 75.4 Å². The number of likely N-dealkylation sites (N-methyl/N-ethyl adjacent to an activating group) is 1. The number of hydrogen-bond donors (Lipinski definition) is 16. The molecule has 2 heterocycles. The average molecular weight is 2110 g/mol. The quantitative estimate of drug-likeness (QED) is 0.00322. The number of Topliss-reactive ketones (excluding diaryl/α,β-unsaturated/α-hetero) is 9. The third kappa shape index (κ3) is 43.9. The SMILES string of the molecule is CC(=O)[C@H](CCCN=C(N)N)CC(=O)[C@H](CCC(=O)O)NC(=O)[C@H](CS)CC(=O)[C@H](CC(C)C)NC(=O)[C@@H](CCCN=C(N)N)CC(=O)[C@H](Cc1c[nH]c2ccccc12)NC(=O)CCC(=O)[C@@H](NC(=O)[C@@H](CC(=O)CN)C(C)C)[C@@H](C)O.CC[C@H](C)[C@H](NC)C(=O)C[C@@H](CC(C)C)C(=O)N[C@@H](C)C(=O)CCCCOCCOCCOCCCCC(=O)c1ccc(C(=O)O)c(-c2c3ccc(=[N+](C)C)cc-3oc3cc(N(C)C)ccc23)c1. The van der Waals surface area contributed by atoms with Crippen molar-refractivity contribution in [1.82, 2.24) is 41.5 Å². The van der Waals surface area contributed by atoms with Gasteiger partial charge >= 0.3 is 11.9 Å². The van der Waals surface area contributed by atoms with Crippen LogP contribution in [0.5, 0.6) is 0 Å². The van der Waals surface area contributed by atoms with Gasteiger partial charge in [-0.2, -0.15) is 12.6 Å². The molecule has 150 heavy (non-hydrogen) atoms. The number of hydrogen-bond acceptors (Lipinski definition) is 27. The number of nitrogens with one attached hydrogen (secondary N) is 7. The molecule has 40 heteroatoms. The highest BCUT2D eigenvalue weighted by Crippen LogP contribution is 2.43. The molecule has 0 bridgehead atoms. The third-order valence-electron chi connectivity index (χ3n) is 26.5. The molecule has 3 aromatic carbocycles. The number of aliphatic carboxylic acids is 1. The van der Waals surface area contributed by atoms with Crippen LogP contribution in [-0.4, -0.2) is 268 Å². The predicted molar refractivity (Wildman–Crippen MR) is 581 cm³/mol. The van der Waals surface area contributed by atoms with Gasteiger partial charge in [-0.1, -0.05) is 86.1 Å². The predicted octanol–water partition coefficient (Wildman–Crippen LogP) is 8.74. The number of thiol groups is 1. The number of para-hydroxylation sites is 1. The van der Waals surface area contributed by atoms with Gasteiger partial charge in [0.2, 0.25) is 34.9 Å². The van der Waals surface area contributed by atoms with E-state index in [1.54, 1.807) is 52.2 Å². The number of aromatic amines is 1. The van der Waals surface area contributed by atoms with Crippen molar-refractivity contribution < 1.29 is 111 Å². The highest BCUT2D eigenvalue weighted by atomic mass is 32.1. The van der Waals surface area contributed by atoms with E-state index >= 15 is 0 Å². The lowest BCUT2D eigenvalue weighted by molar-refractivity contribution is -0.138. The summed E-state index contributed by atoms with van der Waals surface area (Å²) in [6, 6.07) is 17.6. The number of benzene rings is 4. The third-order valence-corrected chi connectivity index (χ3v) is 27.0. The lowest BCUT2D eigenvalue weighted by Gasteiger charge is -2.26. The Morgan fingerprint density at radius 1 is 0.540 bits per heavy atom. The Balaban J connectivity index is 0.000000536. The van der Waals surface area contributed by atoms with Crippen LogP contribution in [0.2, 0.25) is 0 Å². The summed E-state index contributed by atoms with van der Waals surface area (Å²) >= 11 is 4.34. The van der Waals surface area contributed by atoms with E-state index in [0.29, 0.717) is 118 Å². The van der Waals surface area contributed by atoms with E-state index in [9.17, 15) is 92.0 Å². The van der Waals surface area contributed by atoms with E-state index in [0.717, 1.165) is 39.3 Å². The molecule has 2 aliphatic rings. The largest absolute Gasteiger partial charge is 0.481 e. The van der Waals surface area contributed by atoms with Crippen LogP contribution in [0.3, 0.4) is 0 Å². The number of ketones is 9. The molecule has 1 aliphatic heterocycles. The van der Waals surface area contributed by atoms with Crippen molar-refractivity contribution in [3.63, 3.8) is 0 Å². The molecule has 0 spiro atoms. The Morgan fingerprint density at radius 2 is 1.11 bits per heavy atom. The Kier molecular flexibility index (Phi) is 56.7. The number of ether oxygens (including phenoxy) is 3. The second-order valence-corrected chi connectivity index (χ2v) is 40.7. The van der Waals surface area contributed by atoms with Gasteiger partial charge in [0.15, 0.2) is 52.4 Å². The summed E-state index contributed by atoms with van der Waals surface area (Å²) in [6.07, 6.45) is 2.84. The number of fused-ring (bicyclic) bond motifs is 3. The zero-order chi connectivity index (χ0) is 112. The molecule has 6 rings (SSSR count). The number of anilines is 1. The molecule has 20 N–H and O–H groups in total. The number of aliphatic hydroxyl groups excluding tert-OH is 1. The molecule has 828 valence electrons. The van der Waals surface area contributed by atoms with Gasteiger partial charge in [-0.15, -0.1) is 0 Å². The molecule has 4 aromatic rings. The van der Waals surface area contributed by atoms with E-state index < -0.39 is 157 Å². The van der Waals surface area contributed by atoms with Crippen LogP contribution >= 0.6 is 12.6 Å². The first kappa shape index (κ1) is 128. The number of aromatic nitrogens is 1. The Morgan fingerprint density at radius 3 is 1.68 bits per heavy atom. The Labute approximate surface area is 885 Å². The van der Waals surface area contributed by atoms with E-state index in [-0.39, 0.29) is 172 Å². The number of amides is 5. The van der Waals surface area contributed by atoms with Crippen LogP contribution in [-0.2, 0) is 87.8 Å². The fraction of sp³-hybridized carbons (Fsp3) is 0.591. The first-order valence-corrected chi connectivity index (χ1v) is 52.7. The van der Waals surface area contributed by atoms with Crippen molar-refractivity contribution in [2.45, 2.75) is 266 Å². The maximum absolute atomic E-state index is 14.7. The number of unbranched alkanes of at least 4 members (excludes halogenated alkanes) is 2. The smallest absolute Gasteiger partial charge is 0.336 e. The minimum atomic E-state index is -1.43. The molecule has 0 unspecified atom stereocenters. The normalized spacial score (nSPS) is 14.0. The number of rotatable bonds is 73. The number of H-pyrrole nitrogens is 1. The van der Waals surface area contributed by atoms with Crippen LogP contribution in [0.4, 0.5) is 5.69 Å². The van der Waals surface area contributed by atoms with Crippen LogP contribution in [0, 0.1) is 53.3 Å². The van der Waals surface area contributed by atoms with Crippen LogP contribution in [0.15, 0.2) is 99.5 Å². The van der Waals surface area contributed by atoms with Crippen molar-refractivity contribution in [2.24, 2.45) is 91.9 Å². The number of carbonyl (C=O) groups is 16. The van der Waals surface area contributed by atoms with Gasteiger partial charge < -0.3 is 104 Å². The maximum atomic E-state index is 14.7. The van der Waals surface area contributed by atoms with E-state index in [1.165, 1.54) is 19.9 Å². The zero-order valence-electron chi connectivity index (χ0n) is 90.3. The summed E-state index contributed by atoms with van der Waals surface area (Å²) in [5.74, 6) is -13.1. The number of carboxylic acids is 2. The minimum Gasteiger partial charge on any atom is -0.481 e. The van der Waals surface area contributed by atoms with Crippen molar-refractivity contribution in [3.05, 3.63) is 107 Å². The van der Waals surface area contributed by atoms with Gasteiger partial charge in [0.1, 0.15) is 43.0 Å². The second-order valence-electron chi connectivity index (χ2n) is 40.4. The van der Waals surface area contributed by atoms with Crippen molar-refractivity contribution in [3.8, 4) is 22.5 Å². The molecule has 0 saturated heterocycles. The van der Waals surface area contributed by atoms with Crippen molar-refractivity contribution >= 4 is 146 Å². The topological polar surface area (TPSA) is 624 Å². The fourth-order valence-electron chi connectivity index (χ4n) is 17.6. The van der Waals surface area contributed by atoms with Crippen LogP contribution in [0.1, 0.15) is 244 Å². The molecule has 0 fully saturated rings. The number of nitrogens with two attached hydrogens (primary N) is 5. The van der Waals surface area contributed by atoms with Crippen LogP contribution in [0.25, 0.3) is 44.3 Å². The van der Waals surface area contributed by atoms with E-state index in [1.807, 2.05) is 134 Å². The molecular weight excluding hydrogens is 1950 g/mol. The molecular formula is C110H165N16O23S+. The minimum absolute atomic E-state index is 0.0257. The van der Waals surface area contributed by atoms with Gasteiger partial charge in [-0.05, 0) is 170 Å². The summed E-state index contributed by atoms with van der Waals surface area (Å²) in [6.45, 7) is 22.1. The highest BCUT2D eigenvalue weighted by molar-refractivity contribution is 7.80. The lowest BCUT2D eigenvalue weighted by Crippen LogP contribution is -2.51. The van der Waals surface area contributed by atoms with E-state index in [4.69, 9.17) is 47.3 Å². The standard InChI is InChI=1S/C56H88N12O13S.C54H76N4O10/c1-30(2)21-43(48(75)25-37(29-82)53(80)66-42(15-18-50(77)78)46(73)23-34(32(5)69)11-9-19-62-55(58)59)67-52(79)35(12-10-20-63-56(60)61)24-47(74)44(22-36-28-64-41-14-8-7-13-39(36)41)65-49(76)17-16-45(72)51(33(6)70)68-54(81)40(31(3)4)26-38(71)27-57;1-11-36(4)52(55-6)48(61)32-39(30-35(2)3)53(62)56-37(5)46(59)16-12-14-24-65-26-28-67-29-27-66-25-15-13-17-47(60)38-18-21-42(54(63)64)45(31-38)51-43-22-19-40(57(7)8)33-49(43)68-50-34-41(58(9)10)20-23-44(50)51/h7-8,13-14,28,30-31,33-35,37,40,42-44,51,64,70,82H,9-12,15-27,29,57H2,1-6H3,(H,65,76)(H,66,80)(H,67,79)(H,68,81)(H,77,78)(H4,58,59,62)(H4,60,61,63);18-23,31,33-37,39,52,55H,11-17,24-30,32H2,1-10H3,(H-,56,62,63,64)/p+1/t33-,34-,35+,37+,40+,42+,43+,44+,51+;36-,37-,39+,52-/m10/s1. The molecule has 0 radical (unpaired) electrons. The molecule has 1 aliphatic carbocycles. The summed E-state index contributed by atoms with van der Waals surface area (Å²) in [5, 5.41) is 49.4. The van der Waals surface area contributed by atoms with Gasteiger partial charge in [0.25, 0.3) is 0 Å². The first-order chi connectivity index (χ1) is 71.0. The number of guanidine groups is 2. The van der Waals surface area contributed by atoms with Gasteiger partial charge in [-0.3, -0.25) is 81.9 Å². The molecule has 13 atom stereocenters. The van der Waals surface area contributed by atoms with Crippen molar-refractivity contribution in [2.75, 3.05) is 105 Å². The number of aliphatic hydroxyl groups is 1.